The fraction of sp³-hybridized carbons (Fsp3) is 0.400. The monoisotopic (exact) mass is 226 g/mol. The quantitative estimate of drug-likeness (QED) is 0.723. The molecule has 0 aliphatic rings. The Morgan fingerprint density at radius 1 is 1.53 bits per heavy atom. The summed E-state index contributed by atoms with van der Waals surface area (Å²) >= 11 is 5.02. The lowest BCUT2D eigenvalue weighted by Crippen LogP contribution is -2.27. The molecule has 4 nitrogen and oxygen atoms in total. The lowest BCUT2D eigenvalue weighted by molar-refractivity contribution is 0.0636. The number of amides is 1. The van der Waals surface area contributed by atoms with E-state index in [0.29, 0.717) is 10.2 Å². The van der Waals surface area contributed by atoms with Crippen LogP contribution in [-0.2, 0) is 4.74 Å². The maximum atomic E-state index is 11.4. The number of ether oxygens (including phenoxy) is 1. The third kappa shape index (κ3) is 4.12. The lowest BCUT2D eigenvalue weighted by Gasteiger charge is -2.19. The lowest BCUT2D eigenvalue weighted by atomic mass is 10.2. The standard InChI is InChI=1S/C10H14N2O2S/c1-10(2,3)14-9(13)12-7-6-11-5-4-8(7)15/h4-6H,1-3H3,(H,11,15)(H,12,13). The van der Waals surface area contributed by atoms with Gasteiger partial charge in [0.25, 0.3) is 0 Å². The van der Waals surface area contributed by atoms with Gasteiger partial charge in [-0.2, -0.15) is 0 Å². The number of hydrogen-bond acceptors (Lipinski definition) is 3. The molecular weight excluding hydrogens is 212 g/mol. The van der Waals surface area contributed by atoms with Gasteiger partial charge in [0.05, 0.1) is 10.2 Å². The van der Waals surface area contributed by atoms with Crippen molar-refractivity contribution in [3.8, 4) is 0 Å². The largest absolute Gasteiger partial charge is 0.444 e. The molecule has 1 amide bonds. The summed E-state index contributed by atoms with van der Waals surface area (Å²) in [4.78, 5) is 14.2. The molecule has 0 fully saturated rings. The number of carbonyl (C=O) groups is 1. The van der Waals surface area contributed by atoms with Gasteiger partial charge in [-0.3, -0.25) is 5.32 Å². The molecule has 0 aliphatic heterocycles. The number of aromatic amines is 1. The predicted octanol–water partition coefficient (Wildman–Crippen LogP) is 3.09. The number of aromatic nitrogens is 1. The number of pyridine rings is 1. The minimum atomic E-state index is -0.510. The van der Waals surface area contributed by atoms with Crippen molar-refractivity contribution in [2.45, 2.75) is 26.4 Å². The normalized spacial score (nSPS) is 10.9. The molecule has 82 valence electrons. The van der Waals surface area contributed by atoms with Crippen LogP contribution in [0.1, 0.15) is 20.8 Å². The molecular formula is C10H14N2O2S. The van der Waals surface area contributed by atoms with E-state index in [1.807, 2.05) is 0 Å². The van der Waals surface area contributed by atoms with Gasteiger partial charge in [-0.15, -0.1) is 0 Å². The summed E-state index contributed by atoms with van der Waals surface area (Å²) < 4.78 is 5.66. The summed E-state index contributed by atoms with van der Waals surface area (Å²) in [5, 5.41) is 2.57. The van der Waals surface area contributed by atoms with Gasteiger partial charge in [-0.05, 0) is 26.8 Å². The van der Waals surface area contributed by atoms with E-state index in [4.69, 9.17) is 17.0 Å². The Morgan fingerprint density at radius 3 is 2.73 bits per heavy atom. The average molecular weight is 226 g/mol. The number of H-pyrrole nitrogens is 1. The van der Waals surface area contributed by atoms with Gasteiger partial charge in [0.15, 0.2) is 0 Å². The van der Waals surface area contributed by atoms with Crippen molar-refractivity contribution < 1.29 is 9.53 Å². The van der Waals surface area contributed by atoms with Gasteiger partial charge in [0.1, 0.15) is 5.60 Å². The molecule has 1 heterocycles. The Balaban J connectivity index is 2.68. The first-order chi connectivity index (χ1) is 6.88. The topological polar surface area (TPSA) is 54.1 Å². The molecule has 0 spiro atoms. The smallest absolute Gasteiger partial charge is 0.412 e. The molecule has 2 N–H and O–H groups in total. The Hall–Kier alpha value is -1.36. The number of anilines is 1. The van der Waals surface area contributed by atoms with Crippen LogP contribution in [0.15, 0.2) is 18.5 Å². The summed E-state index contributed by atoms with van der Waals surface area (Å²) in [5.74, 6) is 0. The zero-order chi connectivity index (χ0) is 11.5. The van der Waals surface area contributed by atoms with Crippen LogP contribution in [0.4, 0.5) is 10.5 Å². The number of carbonyl (C=O) groups excluding carboxylic acids is 1. The van der Waals surface area contributed by atoms with Gasteiger partial charge < -0.3 is 9.72 Å². The predicted molar refractivity (Wildman–Crippen MR) is 61.5 cm³/mol. The van der Waals surface area contributed by atoms with Crippen LogP contribution < -0.4 is 5.32 Å². The summed E-state index contributed by atoms with van der Waals surface area (Å²) in [6.45, 7) is 5.41. The number of rotatable bonds is 1. The van der Waals surface area contributed by atoms with Crippen LogP contribution in [-0.4, -0.2) is 16.7 Å². The number of nitrogens with one attached hydrogen (secondary N) is 2. The highest BCUT2D eigenvalue weighted by Gasteiger charge is 2.16. The molecule has 0 saturated heterocycles. The van der Waals surface area contributed by atoms with Gasteiger partial charge >= 0.3 is 6.09 Å². The summed E-state index contributed by atoms with van der Waals surface area (Å²) in [6.07, 6.45) is 2.81. The Bertz CT molecular complexity index is 406. The van der Waals surface area contributed by atoms with E-state index in [0.717, 1.165) is 0 Å². The van der Waals surface area contributed by atoms with Crippen LogP contribution >= 0.6 is 12.2 Å². The van der Waals surface area contributed by atoms with E-state index in [9.17, 15) is 4.79 Å². The van der Waals surface area contributed by atoms with Gasteiger partial charge in [-0.25, -0.2) is 4.79 Å². The van der Waals surface area contributed by atoms with E-state index in [-0.39, 0.29) is 0 Å². The molecule has 0 atom stereocenters. The Labute approximate surface area is 93.7 Å². The highest BCUT2D eigenvalue weighted by atomic mass is 32.1. The molecule has 1 aromatic rings. The fourth-order valence-corrected chi connectivity index (χ4v) is 1.11. The van der Waals surface area contributed by atoms with E-state index in [2.05, 4.69) is 10.3 Å². The molecule has 1 aromatic heterocycles. The summed E-state index contributed by atoms with van der Waals surface area (Å²) in [6, 6.07) is 1.70. The molecule has 15 heavy (non-hydrogen) atoms. The molecule has 0 unspecified atom stereocenters. The third-order valence-electron chi connectivity index (χ3n) is 1.46. The Kier molecular flexibility index (Phi) is 3.47. The second-order valence-corrected chi connectivity index (χ2v) is 4.49. The molecule has 0 bridgehead atoms. The van der Waals surface area contributed by atoms with E-state index < -0.39 is 11.7 Å². The molecule has 5 heteroatoms. The van der Waals surface area contributed by atoms with Crippen molar-refractivity contribution in [2.75, 3.05) is 5.32 Å². The zero-order valence-corrected chi connectivity index (χ0v) is 9.77. The van der Waals surface area contributed by atoms with Gasteiger partial charge in [0.2, 0.25) is 0 Å². The van der Waals surface area contributed by atoms with Gasteiger partial charge in [-0.1, -0.05) is 12.2 Å². The van der Waals surface area contributed by atoms with Crippen molar-refractivity contribution in [1.29, 1.82) is 0 Å². The van der Waals surface area contributed by atoms with Crippen molar-refractivity contribution >= 4 is 24.0 Å². The molecule has 0 saturated carbocycles. The minimum Gasteiger partial charge on any atom is -0.444 e. The first-order valence-corrected chi connectivity index (χ1v) is 4.96. The highest BCUT2D eigenvalue weighted by molar-refractivity contribution is 7.71. The molecule has 1 rings (SSSR count). The fourth-order valence-electron chi connectivity index (χ4n) is 0.927. The summed E-state index contributed by atoms with van der Waals surface area (Å²) in [5.41, 5.74) is 0.0336. The first-order valence-electron chi connectivity index (χ1n) is 4.55. The first kappa shape index (κ1) is 11.7. The zero-order valence-electron chi connectivity index (χ0n) is 8.96. The van der Waals surface area contributed by atoms with E-state index in [1.165, 1.54) is 0 Å². The van der Waals surface area contributed by atoms with Crippen LogP contribution in [0.5, 0.6) is 0 Å². The van der Waals surface area contributed by atoms with Crippen LogP contribution in [0.25, 0.3) is 0 Å². The maximum Gasteiger partial charge on any atom is 0.412 e. The summed E-state index contributed by atoms with van der Waals surface area (Å²) in [7, 11) is 0. The minimum absolute atomic E-state index is 0.506. The van der Waals surface area contributed by atoms with Crippen LogP contribution in [0, 0.1) is 4.51 Å². The molecule has 0 aromatic carbocycles. The van der Waals surface area contributed by atoms with Crippen LogP contribution in [0.3, 0.4) is 0 Å². The van der Waals surface area contributed by atoms with Crippen molar-refractivity contribution in [2.24, 2.45) is 0 Å². The molecule has 0 radical (unpaired) electrons. The van der Waals surface area contributed by atoms with Crippen LogP contribution in [0.2, 0.25) is 0 Å². The van der Waals surface area contributed by atoms with Crippen molar-refractivity contribution in [3.63, 3.8) is 0 Å². The Morgan fingerprint density at radius 2 is 2.20 bits per heavy atom. The SMILES string of the molecule is CC(C)(C)OC(=O)Nc1c[nH]ccc1=S. The highest BCUT2D eigenvalue weighted by Crippen LogP contribution is 2.11. The van der Waals surface area contributed by atoms with E-state index >= 15 is 0 Å². The second kappa shape index (κ2) is 4.44. The van der Waals surface area contributed by atoms with Gasteiger partial charge in [0, 0.05) is 12.4 Å². The molecule has 0 aliphatic carbocycles. The average Bonchev–Trinajstić information content (AvgIpc) is 2.05. The second-order valence-electron chi connectivity index (χ2n) is 4.05. The maximum absolute atomic E-state index is 11.4. The van der Waals surface area contributed by atoms with Crippen molar-refractivity contribution in [1.82, 2.24) is 4.98 Å². The number of hydrogen-bond donors (Lipinski definition) is 2. The van der Waals surface area contributed by atoms with E-state index in [1.54, 1.807) is 39.2 Å². The van der Waals surface area contributed by atoms with Crippen molar-refractivity contribution in [3.05, 3.63) is 23.0 Å². The third-order valence-corrected chi connectivity index (χ3v) is 1.82.